The average Bonchev–Trinajstić information content (AvgIpc) is 2.44. The predicted molar refractivity (Wildman–Crippen MR) is 88.0 cm³/mol. The molecule has 0 radical (unpaired) electrons. The van der Waals surface area contributed by atoms with Crippen molar-refractivity contribution in [2.75, 3.05) is 26.2 Å². The lowest BCUT2D eigenvalue weighted by Crippen LogP contribution is -2.43. The van der Waals surface area contributed by atoms with Gasteiger partial charge < -0.3 is 20.5 Å². The summed E-state index contributed by atoms with van der Waals surface area (Å²) in [4.78, 5) is 2.27. The summed E-state index contributed by atoms with van der Waals surface area (Å²) in [6.07, 6.45) is 7.82. The van der Waals surface area contributed by atoms with E-state index < -0.39 is 6.10 Å². The van der Waals surface area contributed by atoms with Crippen molar-refractivity contribution in [3.05, 3.63) is 23.5 Å². The van der Waals surface area contributed by atoms with Gasteiger partial charge in [-0.15, -0.1) is 0 Å². The zero-order chi connectivity index (χ0) is 15.7. The van der Waals surface area contributed by atoms with Crippen molar-refractivity contribution in [2.24, 2.45) is 5.73 Å². The van der Waals surface area contributed by atoms with E-state index in [-0.39, 0.29) is 0 Å². The van der Waals surface area contributed by atoms with Gasteiger partial charge in [0.1, 0.15) is 18.5 Å². The van der Waals surface area contributed by atoms with Crippen LogP contribution in [0.4, 0.5) is 0 Å². The highest BCUT2D eigenvalue weighted by Gasteiger charge is 2.18. The minimum absolute atomic E-state index is 0.330. The molecule has 0 spiro atoms. The summed E-state index contributed by atoms with van der Waals surface area (Å²) < 4.78 is 5.76. The van der Waals surface area contributed by atoms with E-state index in [9.17, 15) is 5.11 Å². The lowest BCUT2D eigenvalue weighted by Gasteiger charge is -2.31. The van der Waals surface area contributed by atoms with Gasteiger partial charge in [0.15, 0.2) is 0 Å². The number of likely N-dealkylation sites (tertiary alicyclic amines) is 1. The number of β-amino-alcohol motifs (C(OH)–C–C–N with tert-alkyl or cyclic N) is 1. The van der Waals surface area contributed by atoms with Gasteiger partial charge in [0, 0.05) is 12.6 Å². The molecule has 122 valence electrons. The van der Waals surface area contributed by atoms with Crippen molar-refractivity contribution in [3.8, 4) is 0 Å². The predicted octanol–water partition coefficient (Wildman–Crippen LogP) is 2.44. The van der Waals surface area contributed by atoms with Crippen LogP contribution in [0, 0.1) is 0 Å². The number of nitrogens with zero attached hydrogens (tertiary/aromatic N) is 1. The minimum atomic E-state index is -0.449. The Bertz CT molecular complexity index is 341. The molecule has 1 aliphatic heterocycles. The molecule has 1 fully saturated rings. The molecule has 0 unspecified atom stereocenters. The molecule has 1 heterocycles. The van der Waals surface area contributed by atoms with Crippen LogP contribution in [0.5, 0.6) is 0 Å². The molecule has 1 rings (SSSR count). The van der Waals surface area contributed by atoms with Crippen LogP contribution in [0.2, 0.25) is 0 Å². The Morgan fingerprint density at radius 2 is 2.05 bits per heavy atom. The molecule has 1 atom stereocenters. The second-order valence-electron chi connectivity index (χ2n) is 6.22. The van der Waals surface area contributed by atoms with Crippen molar-refractivity contribution in [1.29, 1.82) is 0 Å². The average molecular weight is 296 g/mol. The number of allylic oxidation sites excluding steroid dienone is 3. The molecule has 1 saturated heterocycles. The van der Waals surface area contributed by atoms with Crippen LogP contribution in [0.15, 0.2) is 23.5 Å². The first-order valence-corrected chi connectivity index (χ1v) is 8.15. The molecule has 3 N–H and O–H groups in total. The summed E-state index contributed by atoms with van der Waals surface area (Å²) in [5.74, 6) is 0.872. The Morgan fingerprint density at radius 3 is 2.62 bits per heavy atom. The highest BCUT2D eigenvalue weighted by molar-refractivity contribution is 5.16. The molecular weight excluding hydrogens is 264 g/mol. The number of nitrogens with two attached hydrogens (primary N) is 1. The fourth-order valence-corrected chi connectivity index (χ4v) is 2.41. The lowest BCUT2D eigenvalue weighted by atomic mass is 10.1. The number of aliphatic hydroxyl groups is 1. The van der Waals surface area contributed by atoms with Gasteiger partial charge >= 0.3 is 0 Å². The van der Waals surface area contributed by atoms with E-state index in [4.69, 9.17) is 10.5 Å². The molecule has 4 nitrogen and oxygen atoms in total. The molecule has 1 aliphatic rings. The Kier molecular flexibility index (Phi) is 8.66. The minimum Gasteiger partial charge on any atom is -0.491 e. The number of piperidine rings is 1. The van der Waals surface area contributed by atoms with E-state index in [1.807, 2.05) is 6.08 Å². The van der Waals surface area contributed by atoms with Crippen molar-refractivity contribution < 1.29 is 9.84 Å². The smallest absolute Gasteiger partial charge is 0.115 e. The van der Waals surface area contributed by atoms with Gasteiger partial charge in [0.2, 0.25) is 0 Å². The second-order valence-corrected chi connectivity index (χ2v) is 6.22. The molecule has 0 amide bonds. The fraction of sp³-hybridized carbons (Fsp3) is 0.765. The number of rotatable bonds is 8. The highest BCUT2D eigenvalue weighted by Crippen LogP contribution is 2.11. The maximum atomic E-state index is 10.1. The standard InChI is InChI=1S/C17H32N2O2/c1-4-5-6-17(11-14(2)3)21-13-16(20)12-19-9-7-15(18)8-10-19/h6,11,15-16,20H,4-5,7-10,12-13,18H2,1-3H3/b17-6+/t16-/m0/s1. The molecular formula is C17H32N2O2. The Morgan fingerprint density at radius 1 is 1.38 bits per heavy atom. The maximum absolute atomic E-state index is 10.1. The van der Waals surface area contributed by atoms with Gasteiger partial charge in [-0.05, 0) is 58.4 Å². The summed E-state index contributed by atoms with van der Waals surface area (Å²) in [5.41, 5.74) is 7.10. The highest BCUT2D eigenvalue weighted by atomic mass is 16.5. The number of hydrogen-bond acceptors (Lipinski definition) is 4. The van der Waals surface area contributed by atoms with Gasteiger partial charge in [0.05, 0.1) is 0 Å². The van der Waals surface area contributed by atoms with E-state index in [1.54, 1.807) is 0 Å². The normalized spacial score (nSPS) is 19.4. The molecule has 4 heteroatoms. The summed E-state index contributed by atoms with van der Waals surface area (Å²) in [7, 11) is 0. The van der Waals surface area contributed by atoms with Crippen LogP contribution in [-0.4, -0.2) is 48.4 Å². The Labute approximate surface area is 129 Å². The van der Waals surface area contributed by atoms with Crippen LogP contribution >= 0.6 is 0 Å². The summed E-state index contributed by atoms with van der Waals surface area (Å²) in [6.45, 7) is 9.22. The number of ether oxygens (including phenoxy) is 1. The van der Waals surface area contributed by atoms with E-state index >= 15 is 0 Å². The van der Waals surface area contributed by atoms with Crippen LogP contribution in [0.3, 0.4) is 0 Å². The fourth-order valence-electron chi connectivity index (χ4n) is 2.41. The summed E-state index contributed by atoms with van der Waals surface area (Å²) in [5, 5.41) is 10.1. The number of aliphatic hydroxyl groups excluding tert-OH is 1. The first kappa shape index (κ1) is 18.2. The Hall–Kier alpha value is -0.840. The van der Waals surface area contributed by atoms with Crippen molar-refractivity contribution in [1.82, 2.24) is 4.90 Å². The summed E-state index contributed by atoms with van der Waals surface area (Å²) in [6, 6.07) is 0.330. The molecule has 0 bridgehead atoms. The molecule has 0 saturated carbocycles. The molecule has 0 aromatic rings. The first-order valence-electron chi connectivity index (χ1n) is 8.15. The lowest BCUT2D eigenvalue weighted by molar-refractivity contribution is 0.0393. The van der Waals surface area contributed by atoms with E-state index in [0.717, 1.165) is 44.5 Å². The zero-order valence-corrected chi connectivity index (χ0v) is 13.8. The molecule has 21 heavy (non-hydrogen) atoms. The topological polar surface area (TPSA) is 58.7 Å². The van der Waals surface area contributed by atoms with Gasteiger partial charge in [0.25, 0.3) is 0 Å². The molecule has 0 aliphatic carbocycles. The van der Waals surface area contributed by atoms with Crippen LogP contribution in [-0.2, 0) is 4.74 Å². The number of hydrogen-bond donors (Lipinski definition) is 2. The Balaban J connectivity index is 2.35. The third-order valence-corrected chi connectivity index (χ3v) is 3.61. The first-order chi connectivity index (χ1) is 10.0. The SMILES string of the molecule is CCC/C=C(\C=C(C)C)OC[C@@H](O)CN1CCC(N)CC1. The zero-order valence-electron chi connectivity index (χ0n) is 13.8. The number of unbranched alkanes of at least 4 members (excludes halogenated alkanes) is 1. The third-order valence-electron chi connectivity index (χ3n) is 3.61. The van der Waals surface area contributed by atoms with Crippen LogP contribution in [0.1, 0.15) is 46.5 Å². The van der Waals surface area contributed by atoms with E-state index in [1.165, 1.54) is 5.57 Å². The van der Waals surface area contributed by atoms with E-state index in [0.29, 0.717) is 19.2 Å². The van der Waals surface area contributed by atoms with Gasteiger partial charge in [-0.2, -0.15) is 0 Å². The monoisotopic (exact) mass is 296 g/mol. The largest absolute Gasteiger partial charge is 0.491 e. The van der Waals surface area contributed by atoms with Crippen molar-refractivity contribution in [2.45, 2.75) is 58.6 Å². The molecule has 0 aromatic carbocycles. The van der Waals surface area contributed by atoms with Gasteiger partial charge in [-0.25, -0.2) is 0 Å². The second kappa shape index (κ2) is 9.98. The van der Waals surface area contributed by atoms with Gasteiger partial charge in [-0.3, -0.25) is 0 Å². The molecule has 0 aromatic heterocycles. The van der Waals surface area contributed by atoms with Gasteiger partial charge in [-0.1, -0.05) is 18.9 Å². The summed E-state index contributed by atoms with van der Waals surface area (Å²) >= 11 is 0. The third kappa shape index (κ3) is 8.24. The quantitative estimate of drug-likeness (QED) is 0.533. The van der Waals surface area contributed by atoms with Crippen LogP contribution < -0.4 is 5.73 Å². The van der Waals surface area contributed by atoms with Crippen molar-refractivity contribution >= 4 is 0 Å². The maximum Gasteiger partial charge on any atom is 0.115 e. The van der Waals surface area contributed by atoms with Crippen LogP contribution in [0.25, 0.3) is 0 Å². The van der Waals surface area contributed by atoms with Crippen molar-refractivity contribution in [3.63, 3.8) is 0 Å². The van der Waals surface area contributed by atoms with E-state index in [2.05, 4.69) is 31.7 Å².